The van der Waals surface area contributed by atoms with E-state index in [0.717, 1.165) is 0 Å². The predicted octanol–water partition coefficient (Wildman–Crippen LogP) is 5.49. The number of aromatic nitrogens is 3. The fourth-order valence-electron chi connectivity index (χ4n) is 5.10. The zero-order valence-corrected chi connectivity index (χ0v) is 24.6. The maximum Gasteiger partial charge on any atom is 0.391 e. The number of amides is 2. The Morgan fingerprint density at radius 3 is 2.48 bits per heavy atom. The summed E-state index contributed by atoms with van der Waals surface area (Å²) in [5.74, 6) is -2.74. The van der Waals surface area contributed by atoms with E-state index in [1.807, 2.05) is 0 Å². The maximum absolute atomic E-state index is 13.1. The summed E-state index contributed by atoms with van der Waals surface area (Å²) in [5, 5.41) is 15.9. The van der Waals surface area contributed by atoms with E-state index in [1.54, 1.807) is 12.1 Å². The molecule has 0 radical (unpaired) electrons. The molecule has 0 saturated heterocycles. The Bertz CT molecular complexity index is 1560. The number of hydrogen-bond donors (Lipinski definition) is 4. The topological polar surface area (TPSA) is 129 Å². The lowest BCUT2D eigenvalue weighted by Gasteiger charge is -2.30. The number of aromatic amines is 1. The van der Waals surface area contributed by atoms with Gasteiger partial charge in [0.15, 0.2) is 12.3 Å². The predicted molar refractivity (Wildman–Crippen MR) is 150 cm³/mol. The number of carbonyl (C=O) groups excluding carboxylic acids is 2. The molecule has 3 aromatic rings. The fourth-order valence-corrected chi connectivity index (χ4v) is 5.67. The number of pyridine rings is 1. The number of fused-ring (bicyclic) bond motifs is 1. The van der Waals surface area contributed by atoms with Crippen molar-refractivity contribution in [2.45, 2.75) is 75.7 Å². The van der Waals surface area contributed by atoms with Gasteiger partial charge in [0.1, 0.15) is 17.0 Å². The van der Waals surface area contributed by atoms with Crippen molar-refractivity contribution in [3.63, 3.8) is 0 Å². The number of hydrogen-bond acceptors (Lipinski definition) is 6. The van der Waals surface area contributed by atoms with Crippen LogP contribution in [0.4, 0.5) is 22.0 Å². The first kappa shape index (κ1) is 32.2. The van der Waals surface area contributed by atoms with E-state index >= 15 is 0 Å². The average Bonchev–Trinajstić information content (AvgIpc) is 3.59. The van der Waals surface area contributed by atoms with Crippen LogP contribution >= 0.6 is 23.2 Å². The van der Waals surface area contributed by atoms with Gasteiger partial charge < -0.3 is 25.5 Å². The average molecular weight is 664 g/mol. The number of benzene rings is 1. The summed E-state index contributed by atoms with van der Waals surface area (Å²) in [4.78, 5) is 36.8. The quantitative estimate of drug-likeness (QED) is 0.212. The Labute approximate surface area is 257 Å². The van der Waals surface area contributed by atoms with Crippen molar-refractivity contribution in [3.05, 3.63) is 50.8 Å². The molecule has 2 aliphatic rings. The number of aliphatic hydroxyl groups is 1. The molecular weight excluding hydrogens is 636 g/mol. The molecule has 0 bridgehead atoms. The van der Waals surface area contributed by atoms with E-state index in [2.05, 4.69) is 25.6 Å². The molecule has 2 saturated carbocycles. The minimum Gasteiger partial charge on any atom is -0.471 e. The summed E-state index contributed by atoms with van der Waals surface area (Å²) >= 11 is 13.0. The van der Waals surface area contributed by atoms with Gasteiger partial charge in [0.05, 0.1) is 16.5 Å². The third kappa shape index (κ3) is 7.35. The number of nitrogens with zero attached hydrogens (tertiary/aromatic N) is 2. The van der Waals surface area contributed by atoms with Crippen LogP contribution in [0.3, 0.4) is 0 Å². The Balaban J connectivity index is 1.35. The van der Waals surface area contributed by atoms with Crippen molar-refractivity contribution < 1.29 is 41.4 Å². The van der Waals surface area contributed by atoms with Gasteiger partial charge in [0.2, 0.25) is 5.88 Å². The van der Waals surface area contributed by atoms with Gasteiger partial charge in [-0.3, -0.25) is 9.59 Å². The number of imidazole rings is 1. The Kier molecular flexibility index (Phi) is 9.24. The number of halogens is 7. The van der Waals surface area contributed by atoms with Crippen molar-refractivity contribution in [1.29, 1.82) is 0 Å². The van der Waals surface area contributed by atoms with Crippen LogP contribution in [-0.4, -0.2) is 62.7 Å². The van der Waals surface area contributed by atoms with E-state index in [9.17, 15) is 36.6 Å². The van der Waals surface area contributed by atoms with Crippen LogP contribution < -0.4 is 15.4 Å². The van der Waals surface area contributed by atoms with Gasteiger partial charge in [-0.05, 0) is 61.8 Å². The molecule has 44 heavy (non-hydrogen) atoms. The zero-order valence-electron chi connectivity index (χ0n) is 23.0. The highest BCUT2D eigenvalue weighted by molar-refractivity contribution is 6.36. The second-order valence-corrected chi connectivity index (χ2v) is 11.8. The highest BCUT2D eigenvalue weighted by atomic mass is 35.5. The van der Waals surface area contributed by atoms with Gasteiger partial charge in [-0.15, -0.1) is 0 Å². The highest BCUT2D eigenvalue weighted by Gasteiger charge is 2.48. The summed E-state index contributed by atoms with van der Waals surface area (Å²) in [7, 11) is 0. The number of rotatable bonds is 10. The Morgan fingerprint density at radius 1 is 1.14 bits per heavy atom. The minimum absolute atomic E-state index is 0.0486. The van der Waals surface area contributed by atoms with E-state index < -0.39 is 54.5 Å². The summed E-state index contributed by atoms with van der Waals surface area (Å²) in [6.45, 7) is -0.994. The van der Waals surface area contributed by atoms with E-state index in [-0.39, 0.29) is 60.4 Å². The lowest BCUT2D eigenvalue weighted by Crippen LogP contribution is -2.40. The van der Waals surface area contributed by atoms with Crippen molar-refractivity contribution in [2.75, 3.05) is 6.61 Å². The lowest BCUT2D eigenvalue weighted by atomic mass is 9.85. The molecule has 16 heteroatoms. The van der Waals surface area contributed by atoms with Crippen LogP contribution in [0.15, 0.2) is 18.2 Å². The first-order valence-electron chi connectivity index (χ1n) is 13.9. The molecule has 9 nitrogen and oxygen atoms in total. The van der Waals surface area contributed by atoms with Gasteiger partial charge in [0, 0.05) is 24.0 Å². The number of carbonyl (C=O) groups is 2. The summed E-state index contributed by atoms with van der Waals surface area (Å²) < 4.78 is 70.1. The van der Waals surface area contributed by atoms with Gasteiger partial charge in [-0.2, -0.15) is 18.2 Å². The molecule has 2 amide bonds. The minimum atomic E-state index is -4.30. The van der Waals surface area contributed by atoms with Crippen LogP contribution in [0.1, 0.15) is 65.8 Å². The van der Waals surface area contributed by atoms with Crippen molar-refractivity contribution in [2.24, 2.45) is 5.92 Å². The highest BCUT2D eigenvalue weighted by Crippen LogP contribution is 2.38. The maximum atomic E-state index is 13.1. The SMILES string of the molecule is O=C(NC1CCC(C(F)(F)F)CC1)c1cc2[nH]c(Cc3c(Cl)ccc(CNC(=O)C4(O)CC4)c3Cl)nc2nc1OCC(F)F. The zero-order chi connectivity index (χ0) is 31.8. The molecule has 0 atom stereocenters. The van der Waals surface area contributed by atoms with Crippen molar-refractivity contribution >= 4 is 46.2 Å². The van der Waals surface area contributed by atoms with E-state index in [4.69, 9.17) is 27.9 Å². The molecule has 2 heterocycles. The van der Waals surface area contributed by atoms with Crippen LogP contribution in [-0.2, 0) is 17.8 Å². The van der Waals surface area contributed by atoms with E-state index in [0.29, 0.717) is 34.8 Å². The van der Waals surface area contributed by atoms with E-state index in [1.165, 1.54) is 6.07 Å². The normalized spacial score (nSPS) is 19.7. The smallest absolute Gasteiger partial charge is 0.391 e. The number of H-pyrrole nitrogens is 1. The van der Waals surface area contributed by atoms with Crippen molar-refractivity contribution in [3.8, 4) is 5.88 Å². The van der Waals surface area contributed by atoms with Gasteiger partial charge in [0.25, 0.3) is 18.2 Å². The van der Waals surface area contributed by atoms with Gasteiger partial charge in [-0.1, -0.05) is 29.3 Å². The number of nitrogens with one attached hydrogen (secondary N) is 3. The number of alkyl halides is 5. The lowest BCUT2D eigenvalue weighted by molar-refractivity contribution is -0.182. The third-order valence-electron chi connectivity index (χ3n) is 7.80. The summed E-state index contributed by atoms with van der Waals surface area (Å²) in [6, 6.07) is 4.02. The summed E-state index contributed by atoms with van der Waals surface area (Å²) in [5.41, 5.74) is -0.195. The molecule has 2 aliphatic carbocycles. The largest absolute Gasteiger partial charge is 0.471 e. The first-order chi connectivity index (χ1) is 20.7. The Hall–Kier alpha value is -3.23. The Morgan fingerprint density at radius 2 is 1.84 bits per heavy atom. The molecule has 0 spiro atoms. The van der Waals surface area contributed by atoms with Gasteiger partial charge >= 0.3 is 6.18 Å². The molecule has 4 N–H and O–H groups in total. The molecule has 2 fully saturated rings. The monoisotopic (exact) mass is 663 g/mol. The van der Waals surface area contributed by atoms with Crippen molar-refractivity contribution in [1.82, 2.24) is 25.6 Å². The molecule has 0 aliphatic heterocycles. The molecular formula is C28H28Cl2F5N5O4. The summed E-state index contributed by atoms with van der Waals surface area (Å²) in [6.07, 6.45) is -6.36. The molecule has 1 aromatic carbocycles. The molecule has 5 rings (SSSR count). The first-order valence-corrected chi connectivity index (χ1v) is 14.6. The standard InChI is InChI=1S/C28H28Cl2F5N5O4/c29-18-6-1-13(11-36-26(42)27(43)7-8-27)22(30)16(18)10-21-38-19-9-17(25(40-23(19)39-21)44-12-20(31)32)24(41)37-15-4-2-14(3-5-15)28(33,34)35/h1,6,9,14-15,20,43H,2-5,7-8,10-12H2,(H,36,42)(H,37,41)(H,38,39,40). The van der Waals surface area contributed by atoms with Crippen LogP contribution in [0.25, 0.3) is 11.2 Å². The van der Waals surface area contributed by atoms with Crippen LogP contribution in [0.2, 0.25) is 10.0 Å². The van der Waals surface area contributed by atoms with Gasteiger partial charge in [-0.25, -0.2) is 13.8 Å². The second-order valence-electron chi connectivity index (χ2n) is 11.1. The molecule has 238 valence electrons. The van der Waals surface area contributed by atoms with Crippen LogP contribution in [0.5, 0.6) is 5.88 Å². The molecule has 0 unspecified atom stereocenters. The third-order valence-corrected chi connectivity index (χ3v) is 8.62. The second kappa shape index (κ2) is 12.6. The fraction of sp³-hybridized carbons (Fsp3) is 0.500. The molecule has 2 aromatic heterocycles. The van der Waals surface area contributed by atoms with Crippen LogP contribution in [0, 0.1) is 5.92 Å². The number of ether oxygens (including phenoxy) is 1.